The molecule has 2 aliphatic rings. The summed E-state index contributed by atoms with van der Waals surface area (Å²) in [7, 11) is 0. The standard InChI is InChI=1S/C28H24ClFN4O2/c1-16-25(32-27(35)17-6-7-17)26(22-4-2-3-5-23(22)29)33(28(16)36)21-12-13-24-18(14-21)15-31-34(24)20-10-8-19(30)9-11-20/h2-5,8-17,25-26H,6-7H2,1H3,(H,32,35)/t16-,25+,26-/m1/s1. The molecular formula is C28H24ClFN4O2. The second-order valence-corrected chi connectivity index (χ2v) is 9.96. The lowest BCUT2D eigenvalue weighted by Crippen LogP contribution is -2.42. The van der Waals surface area contributed by atoms with E-state index in [1.807, 2.05) is 43.3 Å². The Hall–Kier alpha value is -3.71. The van der Waals surface area contributed by atoms with Crippen molar-refractivity contribution >= 4 is 40.0 Å². The van der Waals surface area contributed by atoms with E-state index in [0.29, 0.717) is 10.7 Å². The highest BCUT2D eigenvalue weighted by Crippen LogP contribution is 2.43. The highest BCUT2D eigenvalue weighted by molar-refractivity contribution is 6.31. The number of anilines is 1. The Morgan fingerprint density at radius 1 is 1.06 bits per heavy atom. The van der Waals surface area contributed by atoms with E-state index in [2.05, 4.69) is 10.4 Å². The van der Waals surface area contributed by atoms with E-state index < -0.39 is 18.0 Å². The summed E-state index contributed by atoms with van der Waals surface area (Å²) < 4.78 is 15.1. The van der Waals surface area contributed by atoms with Gasteiger partial charge in [0.15, 0.2) is 0 Å². The molecule has 1 aliphatic carbocycles. The first kappa shape index (κ1) is 22.7. The summed E-state index contributed by atoms with van der Waals surface area (Å²) in [6, 6.07) is 18.4. The van der Waals surface area contributed by atoms with E-state index in [1.165, 1.54) is 12.1 Å². The van der Waals surface area contributed by atoms with Crippen LogP contribution in [0.4, 0.5) is 10.1 Å². The van der Waals surface area contributed by atoms with Crippen molar-refractivity contribution in [3.8, 4) is 5.69 Å². The minimum Gasteiger partial charge on any atom is -0.350 e. The van der Waals surface area contributed by atoms with Gasteiger partial charge in [0, 0.05) is 22.0 Å². The number of amides is 2. The van der Waals surface area contributed by atoms with Gasteiger partial charge in [-0.05, 0) is 66.9 Å². The molecule has 182 valence electrons. The minimum absolute atomic E-state index is 0.00502. The summed E-state index contributed by atoms with van der Waals surface area (Å²) in [6.07, 6.45) is 3.50. The van der Waals surface area contributed by atoms with Crippen LogP contribution in [0.25, 0.3) is 16.6 Å². The highest BCUT2D eigenvalue weighted by atomic mass is 35.5. The number of halogens is 2. The molecule has 4 aromatic rings. The van der Waals surface area contributed by atoms with Crippen molar-refractivity contribution in [3.05, 3.63) is 89.3 Å². The smallest absolute Gasteiger partial charge is 0.232 e. The predicted molar refractivity (Wildman–Crippen MR) is 137 cm³/mol. The summed E-state index contributed by atoms with van der Waals surface area (Å²) in [5.74, 6) is -0.789. The topological polar surface area (TPSA) is 67.2 Å². The van der Waals surface area contributed by atoms with Crippen LogP contribution < -0.4 is 10.2 Å². The Morgan fingerprint density at radius 3 is 2.50 bits per heavy atom. The molecule has 1 saturated heterocycles. The van der Waals surface area contributed by atoms with Gasteiger partial charge in [0.05, 0.1) is 35.4 Å². The van der Waals surface area contributed by atoms with Crippen LogP contribution in [0.5, 0.6) is 0 Å². The molecule has 1 saturated carbocycles. The van der Waals surface area contributed by atoms with Gasteiger partial charge >= 0.3 is 0 Å². The monoisotopic (exact) mass is 502 g/mol. The van der Waals surface area contributed by atoms with Crippen molar-refractivity contribution in [1.29, 1.82) is 0 Å². The third-order valence-electron chi connectivity index (χ3n) is 7.17. The van der Waals surface area contributed by atoms with Crippen molar-refractivity contribution in [2.75, 3.05) is 4.90 Å². The lowest BCUT2D eigenvalue weighted by Gasteiger charge is -2.30. The molecule has 0 unspecified atom stereocenters. The van der Waals surface area contributed by atoms with E-state index >= 15 is 0 Å². The fourth-order valence-electron chi connectivity index (χ4n) is 5.07. The molecule has 1 N–H and O–H groups in total. The maximum absolute atomic E-state index is 13.6. The Kier molecular flexibility index (Phi) is 5.52. The van der Waals surface area contributed by atoms with E-state index in [1.54, 1.807) is 34.0 Å². The SMILES string of the molecule is C[C@H]1C(=O)N(c2ccc3c(cnn3-c3ccc(F)cc3)c2)[C@H](c2ccccc2Cl)[C@H]1NC(=O)C1CC1. The molecule has 0 spiro atoms. The fourth-order valence-corrected chi connectivity index (χ4v) is 5.32. The Morgan fingerprint density at radius 2 is 1.78 bits per heavy atom. The normalized spacial score (nSPS) is 21.8. The van der Waals surface area contributed by atoms with Crippen LogP contribution in [0.3, 0.4) is 0 Å². The van der Waals surface area contributed by atoms with E-state index in [9.17, 15) is 14.0 Å². The number of carbonyl (C=O) groups is 2. The first-order valence-corrected chi connectivity index (χ1v) is 12.4. The summed E-state index contributed by atoms with van der Waals surface area (Å²) in [6.45, 7) is 1.86. The zero-order valence-corrected chi connectivity index (χ0v) is 20.3. The van der Waals surface area contributed by atoms with Gasteiger partial charge in [-0.15, -0.1) is 0 Å². The Labute approximate surface area is 212 Å². The second-order valence-electron chi connectivity index (χ2n) is 9.55. The largest absolute Gasteiger partial charge is 0.350 e. The van der Waals surface area contributed by atoms with Crippen LogP contribution in [0.15, 0.2) is 72.9 Å². The van der Waals surface area contributed by atoms with Crippen molar-refractivity contribution in [2.45, 2.75) is 31.8 Å². The number of aromatic nitrogens is 2. The molecule has 1 aromatic heterocycles. The number of fused-ring (bicyclic) bond motifs is 1. The maximum atomic E-state index is 13.6. The average Bonchev–Trinajstić information content (AvgIpc) is 3.61. The quantitative estimate of drug-likeness (QED) is 0.395. The number of rotatable bonds is 5. The number of nitrogens with one attached hydrogen (secondary N) is 1. The Balaban J connectivity index is 1.42. The second kappa shape index (κ2) is 8.75. The minimum atomic E-state index is -0.450. The summed E-state index contributed by atoms with van der Waals surface area (Å²) in [4.78, 5) is 28.1. The van der Waals surface area contributed by atoms with Gasteiger partial charge in [0.25, 0.3) is 0 Å². The van der Waals surface area contributed by atoms with Gasteiger partial charge in [0.1, 0.15) is 5.82 Å². The summed E-state index contributed by atoms with van der Waals surface area (Å²) in [5, 5.41) is 9.02. The molecule has 3 aromatic carbocycles. The van der Waals surface area contributed by atoms with Crippen LogP contribution in [0.1, 0.15) is 31.4 Å². The van der Waals surface area contributed by atoms with Crippen LogP contribution in [0, 0.1) is 17.7 Å². The molecule has 36 heavy (non-hydrogen) atoms. The zero-order valence-electron chi connectivity index (χ0n) is 19.6. The number of nitrogens with zero attached hydrogens (tertiary/aromatic N) is 3. The lowest BCUT2D eigenvalue weighted by molar-refractivity contribution is -0.123. The van der Waals surface area contributed by atoms with Gasteiger partial charge in [-0.2, -0.15) is 5.10 Å². The van der Waals surface area contributed by atoms with E-state index in [4.69, 9.17) is 11.6 Å². The molecule has 8 heteroatoms. The number of carbonyl (C=O) groups excluding carboxylic acids is 2. The first-order valence-electron chi connectivity index (χ1n) is 12.0. The summed E-state index contributed by atoms with van der Waals surface area (Å²) >= 11 is 6.62. The summed E-state index contributed by atoms with van der Waals surface area (Å²) in [5.41, 5.74) is 3.06. The molecular weight excluding hydrogens is 479 g/mol. The molecule has 1 aliphatic heterocycles. The fraction of sp³-hybridized carbons (Fsp3) is 0.250. The average molecular weight is 503 g/mol. The van der Waals surface area contributed by atoms with Gasteiger partial charge in [-0.25, -0.2) is 9.07 Å². The number of benzene rings is 3. The van der Waals surface area contributed by atoms with Crippen molar-refractivity contribution in [3.63, 3.8) is 0 Å². The van der Waals surface area contributed by atoms with Crippen LogP contribution in [0.2, 0.25) is 5.02 Å². The van der Waals surface area contributed by atoms with E-state index in [0.717, 1.165) is 35.0 Å². The van der Waals surface area contributed by atoms with Crippen LogP contribution in [-0.2, 0) is 9.59 Å². The Bertz CT molecular complexity index is 1480. The van der Waals surface area contributed by atoms with Gasteiger partial charge in [0.2, 0.25) is 11.8 Å². The predicted octanol–water partition coefficient (Wildman–Crippen LogP) is 5.44. The van der Waals surface area contributed by atoms with Crippen LogP contribution >= 0.6 is 11.6 Å². The zero-order chi connectivity index (χ0) is 25.0. The molecule has 3 atom stereocenters. The van der Waals surface area contributed by atoms with Gasteiger partial charge < -0.3 is 10.2 Å². The number of hydrogen-bond acceptors (Lipinski definition) is 3. The molecule has 2 heterocycles. The molecule has 6 nitrogen and oxygen atoms in total. The highest BCUT2D eigenvalue weighted by Gasteiger charge is 2.49. The molecule has 2 fully saturated rings. The van der Waals surface area contributed by atoms with Crippen molar-refractivity contribution in [2.24, 2.45) is 11.8 Å². The maximum Gasteiger partial charge on any atom is 0.232 e. The van der Waals surface area contributed by atoms with Crippen LogP contribution in [-0.4, -0.2) is 27.6 Å². The molecule has 2 amide bonds. The number of hydrogen-bond donors (Lipinski definition) is 1. The molecule has 6 rings (SSSR count). The van der Waals surface area contributed by atoms with Crippen molar-refractivity contribution < 1.29 is 14.0 Å². The lowest BCUT2D eigenvalue weighted by atomic mass is 9.94. The first-order chi connectivity index (χ1) is 17.4. The molecule has 0 radical (unpaired) electrons. The van der Waals surface area contributed by atoms with Crippen molar-refractivity contribution in [1.82, 2.24) is 15.1 Å². The van der Waals surface area contributed by atoms with Gasteiger partial charge in [-0.3, -0.25) is 9.59 Å². The van der Waals surface area contributed by atoms with E-state index in [-0.39, 0.29) is 23.5 Å². The molecule has 0 bridgehead atoms. The third-order valence-corrected chi connectivity index (χ3v) is 7.51. The van der Waals surface area contributed by atoms with Gasteiger partial charge in [-0.1, -0.05) is 36.7 Å². The third kappa shape index (κ3) is 3.84.